The van der Waals surface area contributed by atoms with Crippen molar-refractivity contribution in [3.8, 4) is 11.5 Å². The number of halogens is 1. The zero-order chi connectivity index (χ0) is 17.0. The van der Waals surface area contributed by atoms with Crippen molar-refractivity contribution in [2.24, 2.45) is 0 Å². The summed E-state index contributed by atoms with van der Waals surface area (Å²) in [6, 6.07) is 10.5. The summed E-state index contributed by atoms with van der Waals surface area (Å²) in [5.41, 5.74) is 0.740. The quantitative estimate of drug-likeness (QED) is 0.644. The van der Waals surface area contributed by atoms with Gasteiger partial charge < -0.3 is 4.57 Å². The van der Waals surface area contributed by atoms with Gasteiger partial charge in [0.1, 0.15) is 11.5 Å². The molecule has 5 nitrogen and oxygen atoms in total. The molecule has 0 radical (unpaired) electrons. The number of rotatable bonds is 6. The van der Waals surface area contributed by atoms with Gasteiger partial charge in [-0.3, -0.25) is 4.98 Å². The topological polar surface area (TPSA) is 64.8 Å². The predicted molar refractivity (Wildman–Crippen MR) is 88.5 cm³/mol. The van der Waals surface area contributed by atoms with Crippen molar-refractivity contribution in [2.75, 3.05) is 5.75 Å². The molecule has 0 spiro atoms. The zero-order valence-corrected chi connectivity index (χ0v) is 13.7. The Kier molecular flexibility index (Phi) is 4.71. The minimum absolute atomic E-state index is 0.0154. The summed E-state index contributed by atoms with van der Waals surface area (Å²) in [4.78, 5) is 8.67. The molecule has 0 aliphatic carbocycles. The molecule has 2 heterocycles. The minimum Gasteiger partial charge on any atom is -0.330 e. The van der Waals surface area contributed by atoms with Gasteiger partial charge >= 0.3 is 0 Å². The Morgan fingerprint density at radius 3 is 2.50 bits per heavy atom. The molecule has 0 amide bonds. The second kappa shape index (κ2) is 6.92. The lowest BCUT2D eigenvalue weighted by atomic mass is 10.3. The van der Waals surface area contributed by atoms with E-state index in [2.05, 4.69) is 9.97 Å². The number of benzene rings is 1. The minimum atomic E-state index is -3.42. The second-order valence-corrected chi connectivity index (χ2v) is 7.39. The van der Waals surface area contributed by atoms with Gasteiger partial charge in [-0.15, -0.1) is 0 Å². The summed E-state index contributed by atoms with van der Waals surface area (Å²) in [6.45, 7) is 0.506. The van der Waals surface area contributed by atoms with Gasteiger partial charge in [0.25, 0.3) is 0 Å². The van der Waals surface area contributed by atoms with Crippen LogP contribution in [0.5, 0.6) is 0 Å². The highest BCUT2D eigenvalue weighted by atomic mass is 32.2. The molecule has 0 saturated heterocycles. The number of pyridine rings is 1. The molecule has 3 rings (SSSR count). The molecular weight excluding hydrogens is 329 g/mol. The van der Waals surface area contributed by atoms with Gasteiger partial charge in [0.05, 0.1) is 10.6 Å². The normalized spacial score (nSPS) is 11.5. The Morgan fingerprint density at radius 2 is 1.79 bits per heavy atom. The average molecular weight is 345 g/mol. The van der Waals surface area contributed by atoms with Crippen LogP contribution in [0.25, 0.3) is 11.5 Å². The molecule has 0 bridgehead atoms. The summed E-state index contributed by atoms with van der Waals surface area (Å²) in [5.74, 6) is 0.237. The summed E-state index contributed by atoms with van der Waals surface area (Å²) >= 11 is 0. The first kappa shape index (κ1) is 16.3. The lowest BCUT2D eigenvalue weighted by Crippen LogP contribution is -2.10. The van der Waals surface area contributed by atoms with Crippen LogP contribution in [0.3, 0.4) is 0 Å². The van der Waals surface area contributed by atoms with Crippen molar-refractivity contribution in [1.29, 1.82) is 0 Å². The number of hydrogen-bond acceptors (Lipinski definition) is 4. The number of aromatic nitrogens is 3. The van der Waals surface area contributed by atoms with E-state index in [1.807, 2.05) is 22.8 Å². The van der Waals surface area contributed by atoms with Crippen LogP contribution in [-0.4, -0.2) is 28.7 Å². The van der Waals surface area contributed by atoms with Crippen molar-refractivity contribution in [3.63, 3.8) is 0 Å². The fraction of sp³-hybridized carbons (Fsp3) is 0.176. The first-order valence-electron chi connectivity index (χ1n) is 7.47. The van der Waals surface area contributed by atoms with Crippen LogP contribution < -0.4 is 0 Å². The standard InChI is InChI=1S/C17H16FN3O2S/c18-14-5-7-15(8-6-14)24(22,23)13-3-11-21-12-10-20-17(21)16-4-1-2-9-19-16/h1-2,4-10,12H,3,11,13H2. The average Bonchev–Trinajstić information content (AvgIpc) is 3.04. The monoisotopic (exact) mass is 345 g/mol. The molecular formula is C17H16FN3O2S. The molecule has 24 heavy (non-hydrogen) atoms. The fourth-order valence-electron chi connectivity index (χ4n) is 2.40. The molecule has 0 unspecified atom stereocenters. The molecule has 7 heteroatoms. The molecule has 0 fully saturated rings. The van der Waals surface area contributed by atoms with Crippen LogP contribution in [0.15, 0.2) is 66.0 Å². The Labute approximate surface area is 139 Å². The highest BCUT2D eigenvalue weighted by Crippen LogP contribution is 2.16. The van der Waals surface area contributed by atoms with Gasteiger partial charge in [-0.25, -0.2) is 17.8 Å². The fourth-order valence-corrected chi connectivity index (χ4v) is 3.70. The zero-order valence-electron chi connectivity index (χ0n) is 12.8. The van der Waals surface area contributed by atoms with Gasteiger partial charge in [-0.05, 0) is 42.8 Å². The van der Waals surface area contributed by atoms with E-state index in [4.69, 9.17) is 0 Å². The Hall–Kier alpha value is -2.54. The van der Waals surface area contributed by atoms with Crippen molar-refractivity contribution in [2.45, 2.75) is 17.9 Å². The molecule has 2 aromatic heterocycles. The first-order valence-corrected chi connectivity index (χ1v) is 9.12. The van der Waals surface area contributed by atoms with Gasteiger partial charge in [0, 0.05) is 25.1 Å². The van der Waals surface area contributed by atoms with Gasteiger partial charge in [0.15, 0.2) is 15.7 Å². The molecule has 0 saturated carbocycles. The van der Waals surface area contributed by atoms with E-state index in [9.17, 15) is 12.8 Å². The lowest BCUT2D eigenvalue weighted by molar-refractivity contribution is 0.586. The Balaban J connectivity index is 1.67. The van der Waals surface area contributed by atoms with E-state index in [1.165, 1.54) is 12.1 Å². The van der Waals surface area contributed by atoms with Crippen LogP contribution in [0.2, 0.25) is 0 Å². The largest absolute Gasteiger partial charge is 0.330 e. The molecule has 124 valence electrons. The van der Waals surface area contributed by atoms with E-state index in [1.54, 1.807) is 18.6 Å². The number of aryl methyl sites for hydroxylation is 1. The van der Waals surface area contributed by atoms with Gasteiger partial charge in [0.2, 0.25) is 0 Å². The molecule has 0 aliphatic heterocycles. The van der Waals surface area contributed by atoms with E-state index in [0.29, 0.717) is 18.8 Å². The first-order chi connectivity index (χ1) is 11.6. The van der Waals surface area contributed by atoms with Crippen LogP contribution >= 0.6 is 0 Å². The number of hydrogen-bond donors (Lipinski definition) is 0. The van der Waals surface area contributed by atoms with E-state index in [-0.39, 0.29) is 10.6 Å². The summed E-state index contributed by atoms with van der Waals surface area (Å²) in [5, 5.41) is 0. The molecule has 3 aromatic rings. The molecule has 1 aromatic carbocycles. The highest BCUT2D eigenvalue weighted by Gasteiger charge is 2.15. The number of nitrogens with zero attached hydrogens (tertiary/aromatic N) is 3. The maximum Gasteiger partial charge on any atom is 0.178 e. The SMILES string of the molecule is O=S(=O)(CCCn1ccnc1-c1ccccn1)c1ccc(F)cc1. The van der Waals surface area contributed by atoms with Crippen molar-refractivity contribution in [3.05, 3.63) is 66.9 Å². The van der Waals surface area contributed by atoms with Gasteiger partial charge in [-0.1, -0.05) is 6.07 Å². The molecule has 0 atom stereocenters. The van der Waals surface area contributed by atoms with Crippen LogP contribution in [0.1, 0.15) is 6.42 Å². The van der Waals surface area contributed by atoms with Crippen LogP contribution in [0, 0.1) is 5.82 Å². The third-order valence-electron chi connectivity index (χ3n) is 3.59. The number of sulfone groups is 1. The van der Waals surface area contributed by atoms with E-state index >= 15 is 0 Å². The molecule has 0 N–H and O–H groups in total. The summed E-state index contributed by atoms with van der Waals surface area (Å²) < 4.78 is 39.3. The Morgan fingerprint density at radius 1 is 1.00 bits per heavy atom. The maximum absolute atomic E-state index is 12.9. The lowest BCUT2D eigenvalue weighted by Gasteiger charge is -2.08. The smallest absolute Gasteiger partial charge is 0.178 e. The second-order valence-electron chi connectivity index (χ2n) is 5.29. The summed E-state index contributed by atoms with van der Waals surface area (Å²) in [6.07, 6.45) is 5.58. The summed E-state index contributed by atoms with van der Waals surface area (Å²) in [7, 11) is -3.42. The van der Waals surface area contributed by atoms with E-state index in [0.717, 1.165) is 17.8 Å². The third-order valence-corrected chi connectivity index (χ3v) is 5.41. The molecule has 0 aliphatic rings. The van der Waals surface area contributed by atoms with Crippen molar-refractivity contribution >= 4 is 9.84 Å². The van der Waals surface area contributed by atoms with Crippen LogP contribution in [0.4, 0.5) is 4.39 Å². The third kappa shape index (κ3) is 3.68. The van der Waals surface area contributed by atoms with E-state index < -0.39 is 15.7 Å². The van der Waals surface area contributed by atoms with Crippen LogP contribution in [-0.2, 0) is 16.4 Å². The van der Waals surface area contributed by atoms with Crippen molar-refractivity contribution in [1.82, 2.24) is 14.5 Å². The Bertz CT molecular complexity index is 907. The highest BCUT2D eigenvalue weighted by molar-refractivity contribution is 7.91. The number of imidazole rings is 1. The van der Waals surface area contributed by atoms with Crippen molar-refractivity contribution < 1.29 is 12.8 Å². The predicted octanol–water partition coefficient (Wildman–Crippen LogP) is 2.95. The van der Waals surface area contributed by atoms with Gasteiger partial charge in [-0.2, -0.15) is 0 Å². The maximum atomic E-state index is 12.9.